The molecule has 0 aliphatic heterocycles. The molecular formula is C15H22O3. The van der Waals surface area contributed by atoms with Gasteiger partial charge in [-0.3, -0.25) is 4.79 Å². The fourth-order valence-corrected chi connectivity index (χ4v) is 1.75. The van der Waals surface area contributed by atoms with Gasteiger partial charge >= 0.3 is 5.97 Å². The zero-order valence-electron chi connectivity index (χ0n) is 11.0. The van der Waals surface area contributed by atoms with Gasteiger partial charge in [0.1, 0.15) is 5.75 Å². The molecule has 3 nitrogen and oxygen atoms in total. The van der Waals surface area contributed by atoms with E-state index in [0.29, 0.717) is 0 Å². The standard InChI is InChI=1S/C15H22O3/c1-2-12-18-14-10-8-13(9-11-14)6-4-3-5-7-15(16)17/h8-11H,2-7,12H2,1H3,(H,16,17). The predicted molar refractivity (Wildman–Crippen MR) is 72.0 cm³/mol. The Morgan fingerprint density at radius 1 is 1.17 bits per heavy atom. The average molecular weight is 250 g/mol. The van der Waals surface area contributed by atoms with Crippen LogP contribution in [0.1, 0.15) is 44.6 Å². The van der Waals surface area contributed by atoms with Crippen LogP contribution in [0.15, 0.2) is 24.3 Å². The molecule has 0 heterocycles. The van der Waals surface area contributed by atoms with Crippen LogP contribution in [0.2, 0.25) is 0 Å². The van der Waals surface area contributed by atoms with Crippen LogP contribution >= 0.6 is 0 Å². The molecule has 0 saturated heterocycles. The average Bonchev–Trinajstić information content (AvgIpc) is 2.37. The van der Waals surface area contributed by atoms with E-state index >= 15 is 0 Å². The number of benzene rings is 1. The Morgan fingerprint density at radius 3 is 2.50 bits per heavy atom. The van der Waals surface area contributed by atoms with Crippen LogP contribution in [0.5, 0.6) is 5.75 Å². The van der Waals surface area contributed by atoms with E-state index in [1.807, 2.05) is 12.1 Å². The molecule has 1 N–H and O–H groups in total. The van der Waals surface area contributed by atoms with E-state index in [1.54, 1.807) is 0 Å². The van der Waals surface area contributed by atoms with Gasteiger partial charge < -0.3 is 9.84 Å². The predicted octanol–water partition coefficient (Wildman–Crippen LogP) is 3.66. The molecule has 3 heteroatoms. The fourth-order valence-electron chi connectivity index (χ4n) is 1.75. The smallest absolute Gasteiger partial charge is 0.303 e. The summed E-state index contributed by atoms with van der Waals surface area (Å²) in [7, 11) is 0. The number of carboxylic acids is 1. The first-order valence-electron chi connectivity index (χ1n) is 6.66. The van der Waals surface area contributed by atoms with E-state index in [2.05, 4.69) is 19.1 Å². The summed E-state index contributed by atoms with van der Waals surface area (Å²) < 4.78 is 5.51. The molecule has 0 saturated carbocycles. The van der Waals surface area contributed by atoms with E-state index in [4.69, 9.17) is 9.84 Å². The molecule has 0 radical (unpaired) electrons. The highest BCUT2D eigenvalue weighted by Crippen LogP contribution is 2.14. The molecule has 0 fully saturated rings. The monoisotopic (exact) mass is 250 g/mol. The Balaban J connectivity index is 2.20. The maximum absolute atomic E-state index is 10.3. The Bertz CT molecular complexity index is 343. The summed E-state index contributed by atoms with van der Waals surface area (Å²) in [5, 5.41) is 8.52. The van der Waals surface area contributed by atoms with E-state index in [0.717, 1.165) is 44.5 Å². The summed E-state index contributed by atoms with van der Waals surface area (Å²) in [5.74, 6) is 0.221. The molecule has 0 aromatic heterocycles. The van der Waals surface area contributed by atoms with Gasteiger partial charge in [-0.1, -0.05) is 25.5 Å². The van der Waals surface area contributed by atoms with Crippen molar-refractivity contribution in [3.63, 3.8) is 0 Å². The molecule has 18 heavy (non-hydrogen) atoms. The Hall–Kier alpha value is -1.51. The lowest BCUT2D eigenvalue weighted by Crippen LogP contribution is -1.95. The molecule has 0 amide bonds. The van der Waals surface area contributed by atoms with Gasteiger partial charge in [-0.25, -0.2) is 0 Å². The molecule has 0 unspecified atom stereocenters. The second-order valence-corrected chi connectivity index (χ2v) is 4.45. The number of ether oxygens (including phenoxy) is 1. The van der Waals surface area contributed by atoms with Crippen LogP contribution in [0.4, 0.5) is 0 Å². The van der Waals surface area contributed by atoms with Gasteiger partial charge in [0.05, 0.1) is 6.61 Å². The van der Waals surface area contributed by atoms with E-state index in [9.17, 15) is 4.79 Å². The van der Waals surface area contributed by atoms with Crippen LogP contribution in [0, 0.1) is 0 Å². The quantitative estimate of drug-likeness (QED) is 0.680. The third-order valence-corrected chi connectivity index (χ3v) is 2.75. The topological polar surface area (TPSA) is 46.5 Å². The highest BCUT2D eigenvalue weighted by Gasteiger charge is 1.98. The SMILES string of the molecule is CCCOc1ccc(CCCCCC(=O)O)cc1. The van der Waals surface area contributed by atoms with Gasteiger partial charge in [0.2, 0.25) is 0 Å². The molecule has 100 valence electrons. The van der Waals surface area contributed by atoms with Gasteiger partial charge in [-0.15, -0.1) is 0 Å². The van der Waals surface area contributed by atoms with Crippen LogP contribution in [-0.4, -0.2) is 17.7 Å². The molecular weight excluding hydrogens is 228 g/mol. The second kappa shape index (κ2) is 8.56. The number of carboxylic acid groups (broad SMARTS) is 1. The summed E-state index contributed by atoms with van der Waals surface area (Å²) >= 11 is 0. The third-order valence-electron chi connectivity index (χ3n) is 2.75. The number of hydrogen-bond donors (Lipinski definition) is 1. The first kappa shape index (κ1) is 14.6. The number of aryl methyl sites for hydroxylation is 1. The number of hydrogen-bond acceptors (Lipinski definition) is 2. The maximum Gasteiger partial charge on any atom is 0.303 e. The van der Waals surface area contributed by atoms with Gasteiger partial charge in [0.25, 0.3) is 0 Å². The first-order valence-corrected chi connectivity index (χ1v) is 6.66. The van der Waals surface area contributed by atoms with Crippen molar-refractivity contribution < 1.29 is 14.6 Å². The summed E-state index contributed by atoms with van der Waals surface area (Å²) in [4.78, 5) is 10.3. The van der Waals surface area contributed by atoms with E-state index in [1.165, 1.54) is 5.56 Å². The van der Waals surface area contributed by atoms with Crippen LogP contribution in [0.3, 0.4) is 0 Å². The van der Waals surface area contributed by atoms with Crippen molar-refractivity contribution in [2.45, 2.75) is 45.4 Å². The molecule has 0 spiro atoms. The highest BCUT2D eigenvalue weighted by molar-refractivity contribution is 5.66. The van der Waals surface area contributed by atoms with Crippen LogP contribution < -0.4 is 4.74 Å². The molecule has 1 aromatic rings. The van der Waals surface area contributed by atoms with Gasteiger partial charge in [0.15, 0.2) is 0 Å². The van der Waals surface area contributed by atoms with Crippen molar-refractivity contribution in [1.82, 2.24) is 0 Å². The highest BCUT2D eigenvalue weighted by atomic mass is 16.5. The molecule has 1 rings (SSSR count). The van der Waals surface area contributed by atoms with Gasteiger partial charge in [-0.2, -0.15) is 0 Å². The summed E-state index contributed by atoms with van der Waals surface area (Å²) in [6.07, 6.45) is 5.10. The van der Waals surface area contributed by atoms with Crippen molar-refractivity contribution in [3.8, 4) is 5.75 Å². The molecule has 0 aliphatic carbocycles. The Morgan fingerprint density at radius 2 is 1.89 bits per heavy atom. The Kier molecular flexibility index (Phi) is 6.92. The van der Waals surface area contributed by atoms with Crippen molar-refractivity contribution in [2.24, 2.45) is 0 Å². The lowest BCUT2D eigenvalue weighted by Gasteiger charge is -2.06. The van der Waals surface area contributed by atoms with Crippen molar-refractivity contribution in [3.05, 3.63) is 29.8 Å². The van der Waals surface area contributed by atoms with Crippen LogP contribution in [0.25, 0.3) is 0 Å². The number of rotatable bonds is 9. The number of unbranched alkanes of at least 4 members (excludes halogenated alkanes) is 2. The summed E-state index contributed by atoms with van der Waals surface area (Å²) in [6, 6.07) is 8.18. The fraction of sp³-hybridized carbons (Fsp3) is 0.533. The van der Waals surface area contributed by atoms with Gasteiger partial charge in [-0.05, 0) is 43.4 Å². The van der Waals surface area contributed by atoms with Gasteiger partial charge in [0, 0.05) is 6.42 Å². The minimum Gasteiger partial charge on any atom is -0.494 e. The lowest BCUT2D eigenvalue weighted by atomic mass is 10.1. The zero-order valence-corrected chi connectivity index (χ0v) is 11.0. The summed E-state index contributed by atoms with van der Waals surface area (Å²) in [5.41, 5.74) is 1.29. The molecule has 0 atom stereocenters. The van der Waals surface area contributed by atoms with Crippen molar-refractivity contribution >= 4 is 5.97 Å². The maximum atomic E-state index is 10.3. The number of carbonyl (C=O) groups is 1. The van der Waals surface area contributed by atoms with Crippen LogP contribution in [-0.2, 0) is 11.2 Å². The Labute approximate surface area is 109 Å². The van der Waals surface area contributed by atoms with Crippen molar-refractivity contribution in [2.75, 3.05) is 6.61 Å². The van der Waals surface area contributed by atoms with Crippen molar-refractivity contribution in [1.29, 1.82) is 0 Å². The lowest BCUT2D eigenvalue weighted by molar-refractivity contribution is -0.137. The normalized spacial score (nSPS) is 10.3. The van der Waals surface area contributed by atoms with E-state index in [-0.39, 0.29) is 6.42 Å². The third kappa shape index (κ3) is 6.28. The minimum absolute atomic E-state index is 0.282. The molecule has 1 aromatic carbocycles. The first-order chi connectivity index (χ1) is 8.72. The molecule has 0 aliphatic rings. The minimum atomic E-state index is -0.701. The zero-order chi connectivity index (χ0) is 13.2. The van der Waals surface area contributed by atoms with E-state index < -0.39 is 5.97 Å². The number of aliphatic carboxylic acids is 1. The second-order valence-electron chi connectivity index (χ2n) is 4.45. The largest absolute Gasteiger partial charge is 0.494 e. The molecule has 0 bridgehead atoms. The summed E-state index contributed by atoms with van der Waals surface area (Å²) in [6.45, 7) is 2.85.